The third-order valence-electron chi connectivity index (χ3n) is 4.12. The van der Waals surface area contributed by atoms with Gasteiger partial charge in [0.2, 0.25) is 0 Å². The average Bonchev–Trinajstić information content (AvgIpc) is 2.75. The Kier molecular flexibility index (Phi) is 4.13. The molecular formula is C15H26N2O. The minimum atomic E-state index is 0.358. The molecule has 102 valence electrons. The Morgan fingerprint density at radius 1 is 1.33 bits per heavy atom. The van der Waals surface area contributed by atoms with E-state index in [1.165, 1.54) is 0 Å². The van der Waals surface area contributed by atoms with Crippen molar-refractivity contribution in [2.75, 3.05) is 13.1 Å². The van der Waals surface area contributed by atoms with Crippen molar-refractivity contribution in [2.24, 2.45) is 5.92 Å². The van der Waals surface area contributed by atoms with E-state index >= 15 is 0 Å². The summed E-state index contributed by atoms with van der Waals surface area (Å²) >= 11 is 0. The average molecular weight is 250 g/mol. The van der Waals surface area contributed by atoms with E-state index in [0.29, 0.717) is 24.0 Å². The number of nitrogens with zero attached hydrogens (tertiary/aromatic N) is 1. The van der Waals surface area contributed by atoms with Crippen molar-refractivity contribution in [2.45, 2.75) is 52.7 Å². The first-order valence-electron chi connectivity index (χ1n) is 7.04. The predicted octanol–water partition coefficient (Wildman–Crippen LogP) is 2.97. The third kappa shape index (κ3) is 2.78. The molecule has 1 aromatic heterocycles. The summed E-state index contributed by atoms with van der Waals surface area (Å²) in [4.78, 5) is 2.55. The van der Waals surface area contributed by atoms with Gasteiger partial charge < -0.3 is 9.73 Å². The molecule has 1 N–H and O–H groups in total. The lowest BCUT2D eigenvalue weighted by atomic mass is 9.98. The van der Waals surface area contributed by atoms with Crippen LogP contribution in [0.4, 0.5) is 0 Å². The van der Waals surface area contributed by atoms with Gasteiger partial charge in [0.05, 0.1) is 6.04 Å². The number of aryl methyl sites for hydroxylation is 1. The number of hydrogen-bond acceptors (Lipinski definition) is 3. The van der Waals surface area contributed by atoms with E-state index in [1.54, 1.807) is 0 Å². The molecule has 18 heavy (non-hydrogen) atoms. The Bertz CT molecular complexity index is 386. The topological polar surface area (TPSA) is 28.4 Å². The highest BCUT2D eigenvalue weighted by atomic mass is 16.3. The Morgan fingerprint density at radius 3 is 2.61 bits per heavy atom. The van der Waals surface area contributed by atoms with Gasteiger partial charge in [0, 0.05) is 25.2 Å². The lowest BCUT2D eigenvalue weighted by Crippen LogP contribution is -2.57. The van der Waals surface area contributed by atoms with Gasteiger partial charge in [0.15, 0.2) is 0 Å². The summed E-state index contributed by atoms with van der Waals surface area (Å²) in [6.07, 6.45) is 0. The third-order valence-corrected chi connectivity index (χ3v) is 4.12. The highest BCUT2D eigenvalue weighted by Crippen LogP contribution is 2.27. The molecule has 1 aliphatic rings. The molecule has 3 atom stereocenters. The van der Waals surface area contributed by atoms with Gasteiger partial charge in [-0.05, 0) is 38.8 Å². The molecule has 1 fully saturated rings. The first-order valence-corrected chi connectivity index (χ1v) is 7.04. The highest BCUT2D eigenvalue weighted by molar-refractivity contribution is 5.10. The molecule has 0 spiro atoms. The number of nitrogens with one attached hydrogen (secondary N) is 1. The summed E-state index contributed by atoms with van der Waals surface area (Å²) < 4.78 is 5.78. The van der Waals surface area contributed by atoms with Crippen LogP contribution in [0.2, 0.25) is 0 Å². The maximum absolute atomic E-state index is 5.78. The SMILES string of the molecule is Cc1ccc(C(C)N2CC(C(C)C)NCC2C)o1. The van der Waals surface area contributed by atoms with Crippen molar-refractivity contribution < 1.29 is 4.42 Å². The summed E-state index contributed by atoms with van der Waals surface area (Å²) in [5.41, 5.74) is 0. The molecule has 0 bridgehead atoms. The fourth-order valence-electron chi connectivity index (χ4n) is 2.74. The maximum Gasteiger partial charge on any atom is 0.121 e. The largest absolute Gasteiger partial charge is 0.465 e. The van der Waals surface area contributed by atoms with Crippen LogP contribution in [0.3, 0.4) is 0 Å². The van der Waals surface area contributed by atoms with Gasteiger partial charge in [0.25, 0.3) is 0 Å². The molecule has 1 aromatic rings. The zero-order chi connectivity index (χ0) is 13.3. The predicted molar refractivity (Wildman–Crippen MR) is 74.7 cm³/mol. The lowest BCUT2D eigenvalue weighted by Gasteiger charge is -2.43. The first-order chi connectivity index (χ1) is 8.49. The Labute approximate surface area is 111 Å². The second-order valence-corrected chi connectivity index (χ2v) is 5.93. The van der Waals surface area contributed by atoms with Gasteiger partial charge in [-0.1, -0.05) is 13.8 Å². The van der Waals surface area contributed by atoms with Crippen molar-refractivity contribution in [1.29, 1.82) is 0 Å². The van der Waals surface area contributed by atoms with Gasteiger partial charge in [-0.25, -0.2) is 0 Å². The van der Waals surface area contributed by atoms with Crippen molar-refractivity contribution in [3.05, 3.63) is 23.7 Å². The summed E-state index contributed by atoms with van der Waals surface area (Å²) in [5.74, 6) is 2.76. The molecule has 3 nitrogen and oxygen atoms in total. The molecule has 3 heteroatoms. The van der Waals surface area contributed by atoms with Gasteiger partial charge in [-0.3, -0.25) is 4.90 Å². The number of piperazine rings is 1. The fourth-order valence-corrected chi connectivity index (χ4v) is 2.74. The maximum atomic E-state index is 5.78. The Hall–Kier alpha value is -0.800. The van der Waals surface area contributed by atoms with E-state index < -0.39 is 0 Å². The molecule has 0 aromatic carbocycles. The fraction of sp³-hybridized carbons (Fsp3) is 0.733. The molecule has 1 saturated heterocycles. The molecule has 2 heterocycles. The van der Waals surface area contributed by atoms with E-state index in [1.807, 2.05) is 6.92 Å². The van der Waals surface area contributed by atoms with E-state index in [-0.39, 0.29) is 0 Å². The van der Waals surface area contributed by atoms with E-state index in [0.717, 1.165) is 24.6 Å². The molecule has 0 radical (unpaired) electrons. The van der Waals surface area contributed by atoms with Crippen LogP contribution in [0.1, 0.15) is 45.3 Å². The second kappa shape index (κ2) is 5.45. The zero-order valence-corrected chi connectivity index (χ0v) is 12.2. The summed E-state index contributed by atoms with van der Waals surface area (Å²) in [5, 5.41) is 3.64. The van der Waals surface area contributed by atoms with Crippen LogP contribution in [0.15, 0.2) is 16.5 Å². The molecule has 0 amide bonds. The summed E-state index contributed by atoms with van der Waals surface area (Å²) in [6.45, 7) is 13.3. The van der Waals surface area contributed by atoms with Crippen molar-refractivity contribution in [1.82, 2.24) is 10.2 Å². The molecule has 0 saturated carbocycles. The molecular weight excluding hydrogens is 224 g/mol. The minimum Gasteiger partial charge on any atom is -0.465 e. The zero-order valence-electron chi connectivity index (χ0n) is 12.2. The van der Waals surface area contributed by atoms with E-state index in [4.69, 9.17) is 4.42 Å². The van der Waals surface area contributed by atoms with E-state index in [2.05, 4.69) is 50.0 Å². The van der Waals surface area contributed by atoms with Gasteiger partial charge >= 0.3 is 0 Å². The van der Waals surface area contributed by atoms with E-state index in [9.17, 15) is 0 Å². The van der Waals surface area contributed by atoms with Gasteiger partial charge in [-0.2, -0.15) is 0 Å². The molecule has 2 rings (SSSR count). The van der Waals surface area contributed by atoms with Crippen LogP contribution in [0.25, 0.3) is 0 Å². The van der Waals surface area contributed by atoms with Crippen molar-refractivity contribution in [3.8, 4) is 0 Å². The minimum absolute atomic E-state index is 0.358. The van der Waals surface area contributed by atoms with Gasteiger partial charge in [-0.15, -0.1) is 0 Å². The highest BCUT2D eigenvalue weighted by Gasteiger charge is 2.31. The van der Waals surface area contributed by atoms with Crippen LogP contribution >= 0.6 is 0 Å². The van der Waals surface area contributed by atoms with Crippen molar-refractivity contribution >= 4 is 0 Å². The van der Waals surface area contributed by atoms with Crippen LogP contribution < -0.4 is 5.32 Å². The molecule has 1 aliphatic heterocycles. The number of rotatable bonds is 3. The smallest absolute Gasteiger partial charge is 0.121 e. The van der Waals surface area contributed by atoms with Crippen molar-refractivity contribution in [3.63, 3.8) is 0 Å². The molecule has 0 aliphatic carbocycles. The monoisotopic (exact) mass is 250 g/mol. The van der Waals surface area contributed by atoms with Crippen LogP contribution in [0.5, 0.6) is 0 Å². The molecule has 3 unspecified atom stereocenters. The summed E-state index contributed by atoms with van der Waals surface area (Å²) in [7, 11) is 0. The standard InChI is InChI=1S/C15H26N2O/c1-10(2)14-9-17(11(3)8-16-14)13(5)15-7-6-12(4)18-15/h6-7,10-11,13-14,16H,8-9H2,1-5H3. The first kappa shape index (κ1) is 13.6. The second-order valence-electron chi connectivity index (χ2n) is 5.93. The Balaban J connectivity index is 2.10. The van der Waals surface area contributed by atoms with Gasteiger partial charge in [0.1, 0.15) is 11.5 Å². The van der Waals surface area contributed by atoms with Crippen LogP contribution in [-0.2, 0) is 0 Å². The quantitative estimate of drug-likeness (QED) is 0.894. The summed E-state index contributed by atoms with van der Waals surface area (Å²) in [6, 6.07) is 5.66. The normalized spacial score (nSPS) is 27.7. The van der Waals surface area contributed by atoms with Crippen LogP contribution in [0, 0.1) is 12.8 Å². The Morgan fingerprint density at radius 2 is 2.06 bits per heavy atom. The number of hydrogen-bond donors (Lipinski definition) is 1. The number of furan rings is 1. The lowest BCUT2D eigenvalue weighted by molar-refractivity contribution is 0.0751. The van der Waals surface area contributed by atoms with Crippen LogP contribution in [-0.4, -0.2) is 30.1 Å².